The molecule has 4 nitrogen and oxygen atoms in total. The van der Waals surface area contributed by atoms with Crippen LogP contribution < -0.4 is 0 Å². The molecule has 0 spiro atoms. The van der Waals surface area contributed by atoms with Crippen LogP contribution in [0, 0.1) is 22.7 Å². The molecule has 0 bridgehead atoms. The highest BCUT2D eigenvalue weighted by atomic mass is 15.1. The molecule has 0 radical (unpaired) electrons. The summed E-state index contributed by atoms with van der Waals surface area (Å²) >= 11 is 0. The van der Waals surface area contributed by atoms with E-state index >= 15 is 0 Å². The topological polar surface area (TPSA) is 54.1 Å². The van der Waals surface area contributed by atoms with Gasteiger partial charge < -0.3 is 4.90 Å². The zero-order valence-electron chi connectivity index (χ0n) is 11.4. The Morgan fingerprint density at radius 3 is 2.50 bits per heavy atom. The van der Waals surface area contributed by atoms with Gasteiger partial charge in [0, 0.05) is 39.0 Å². The smallest absolute Gasteiger partial charge is 0.134 e. The maximum atomic E-state index is 9.01. The van der Waals surface area contributed by atoms with Crippen molar-refractivity contribution < 1.29 is 0 Å². The predicted molar refractivity (Wildman–Crippen MR) is 71.4 cm³/mol. The first-order chi connectivity index (χ1) is 8.62. The quantitative estimate of drug-likeness (QED) is 0.709. The Kier molecular flexibility index (Phi) is 5.42. The Hall–Kier alpha value is -1.78. The standard InChI is InChI=1S/C14H20N4/c1-4-5-6-18-10-13(9-17(2)3)14(11-18)12(7-15)8-16/h9H,4-6,10-11H2,1-3H3. The van der Waals surface area contributed by atoms with E-state index in [0.29, 0.717) is 0 Å². The molecule has 4 heteroatoms. The van der Waals surface area contributed by atoms with E-state index in [2.05, 4.69) is 11.8 Å². The summed E-state index contributed by atoms with van der Waals surface area (Å²) in [5.74, 6) is 0. The lowest BCUT2D eigenvalue weighted by atomic mass is 10.1. The number of hydrogen-bond acceptors (Lipinski definition) is 4. The third kappa shape index (κ3) is 3.61. The molecule has 0 aromatic rings. The molecule has 0 amide bonds. The van der Waals surface area contributed by atoms with Crippen LogP contribution in [-0.4, -0.2) is 43.5 Å². The molecule has 0 aromatic carbocycles. The van der Waals surface area contributed by atoms with Crippen molar-refractivity contribution in [2.75, 3.05) is 33.7 Å². The van der Waals surface area contributed by atoms with Gasteiger partial charge in [0.05, 0.1) is 0 Å². The van der Waals surface area contributed by atoms with Gasteiger partial charge in [-0.3, -0.25) is 4.90 Å². The molecule has 1 aliphatic rings. The molecular weight excluding hydrogens is 224 g/mol. The van der Waals surface area contributed by atoms with Crippen molar-refractivity contribution in [2.45, 2.75) is 19.8 Å². The SMILES string of the molecule is CCCCN1CC(=CN(C)C)C(=C(C#N)C#N)C1. The number of hydrogen-bond donors (Lipinski definition) is 0. The molecule has 1 rings (SSSR count). The number of nitrogens with zero attached hydrogens (tertiary/aromatic N) is 4. The maximum absolute atomic E-state index is 9.01. The summed E-state index contributed by atoms with van der Waals surface area (Å²) in [4.78, 5) is 4.26. The van der Waals surface area contributed by atoms with Crippen molar-refractivity contribution in [3.63, 3.8) is 0 Å². The summed E-state index contributed by atoms with van der Waals surface area (Å²) in [6.45, 7) is 4.74. The fourth-order valence-electron chi connectivity index (χ4n) is 2.09. The van der Waals surface area contributed by atoms with E-state index in [0.717, 1.165) is 43.6 Å². The zero-order valence-corrected chi connectivity index (χ0v) is 11.4. The van der Waals surface area contributed by atoms with E-state index < -0.39 is 0 Å². The molecule has 0 unspecified atom stereocenters. The van der Waals surface area contributed by atoms with Crippen molar-refractivity contribution in [2.24, 2.45) is 0 Å². The number of rotatable bonds is 4. The predicted octanol–water partition coefficient (Wildman–Crippen LogP) is 1.89. The Balaban J connectivity index is 2.97. The van der Waals surface area contributed by atoms with Crippen molar-refractivity contribution in [1.82, 2.24) is 9.80 Å². The summed E-state index contributed by atoms with van der Waals surface area (Å²) in [6, 6.07) is 4.01. The van der Waals surface area contributed by atoms with Crippen LogP contribution in [0.5, 0.6) is 0 Å². The summed E-state index contributed by atoms with van der Waals surface area (Å²) in [5.41, 5.74) is 2.24. The van der Waals surface area contributed by atoms with E-state index in [4.69, 9.17) is 10.5 Å². The van der Waals surface area contributed by atoms with E-state index in [1.807, 2.05) is 37.3 Å². The molecule has 1 saturated heterocycles. The van der Waals surface area contributed by atoms with Crippen molar-refractivity contribution >= 4 is 0 Å². The summed E-state index contributed by atoms with van der Waals surface area (Å²) in [7, 11) is 3.91. The zero-order chi connectivity index (χ0) is 13.5. The molecule has 0 atom stereocenters. The molecule has 1 aliphatic heterocycles. The van der Waals surface area contributed by atoms with E-state index in [1.165, 1.54) is 0 Å². The van der Waals surface area contributed by atoms with E-state index in [9.17, 15) is 0 Å². The van der Waals surface area contributed by atoms with Gasteiger partial charge in [-0.05, 0) is 18.5 Å². The summed E-state index contributed by atoms with van der Waals surface area (Å²) in [6.07, 6.45) is 4.32. The average molecular weight is 244 g/mol. The second kappa shape index (κ2) is 6.83. The molecule has 96 valence electrons. The van der Waals surface area contributed by atoms with E-state index in [1.54, 1.807) is 0 Å². The van der Waals surface area contributed by atoms with Crippen LogP contribution >= 0.6 is 0 Å². The fraction of sp³-hybridized carbons (Fsp3) is 0.571. The Labute approximate surface area is 109 Å². The van der Waals surface area contributed by atoms with Crippen LogP contribution in [0.25, 0.3) is 0 Å². The maximum Gasteiger partial charge on any atom is 0.134 e. The van der Waals surface area contributed by atoms with Crippen LogP contribution in [0.15, 0.2) is 22.9 Å². The largest absolute Gasteiger partial charge is 0.383 e. The highest BCUT2D eigenvalue weighted by Gasteiger charge is 2.24. The van der Waals surface area contributed by atoms with Gasteiger partial charge in [-0.2, -0.15) is 10.5 Å². The number of likely N-dealkylation sites (tertiary alicyclic amines) is 1. The van der Waals surface area contributed by atoms with Gasteiger partial charge in [0.25, 0.3) is 0 Å². The van der Waals surface area contributed by atoms with Gasteiger partial charge >= 0.3 is 0 Å². The lowest BCUT2D eigenvalue weighted by Crippen LogP contribution is -2.20. The molecule has 1 heterocycles. The minimum Gasteiger partial charge on any atom is -0.383 e. The van der Waals surface area contributed by atoms with Crippen molar-refractivity contribution in [3.8, 4) is 12.1 Å². The molecule has 0 saturated carbocycles. The van der Waals surface area contributed by atoms with Crippen molar-refractivity contribution in [3.05, 3.63) is 22.9 Å². The van der Waals surface area contributed by atoms with Gasteiger partial charge in [-0.25, -0.2) is 0 Å². The molecule has 1 fully saturated rings. The third-order valence-corrected chi connectivity index (χ3v) is 2.93. The highest BCUT2D eigenvalue weighted by molar-refractivity contribution is 5.52. The second-order valence-electron chi connectivity index (χ2n) is 4.76. The third-order valence-electron chi connectivity index (χ3n) is 2.93. The molecule has 18 heavy (non-hydrogen) atoms. The lowest BCUT2D eigenvalue weighted by Gasteiger charge is -2.12. The first-order valence-electron chi connectivity index (χ1n) is 6.25. The minimum atomic E-state index is 0.252. The van der Waals surface area contributed by atoms with Gasteiger partial charge in [0.1, 0.15) is 17.7 Å². The second-order valence-corrected chi connectivity index (χ2v) is 4.76. The summed E-state index contributed by atoms with van der Waals surface area (Å²) in [5, 5.41) is 18.0. The minimum absolute atomic E-state index is 0.252. The van der Waals surface area contributed by atoms with Gasteiger partial charge in [0.2, 0.25) is 0 Å². The molecule has 0 aliphatic carbocycles. The number of nitriles is 2. The van der Waals surface area contributed by atoms with Crippen LogP contribution in [0.2, 0.25) is 0 Å². The normalized spacial score (nSPS) is 17.6. The van der Waals surface area contributed by atoms with Crippen LogP contribution in [0.3, 0.4) is 0 Å². The summed E-state index contributed by atoms with van der Waals surface area (Å²) < 4.78 is 0. The first-order valence-corrected chi connectivity index (χ1v) is 6.25. The fourth-order valence-corrected chi connectivity index (χ4v) is 2.09. The van der Waals surface area contributed by atoms with Crippen LogP contribution in [-0.2, 0) is 0 Å². The van der Waals surface area contributed by atoms with Crippen LogP contribution in [0.4, 0.5) is 0 Å². The Morgan fingerprint density at radius 1 is 1.33 bits per heavy atom. The Morgan fingerprint density at radius 2 is 2.00 bits per heavy atom. The highest BCUT2D eigenvalue weighted by Crippen LogP contribution is 2.25. The molecular formula is C14H20N4. The van der Waals surface area contributed by atoms with Gasteiger partial charge in [-0.15, -0.1) is 0 Å². The molecule has 0 aromatic heterocycles. The number of unbranched alkanes of at least 4 members (excludes halogenated alkanes) is 1. The average Bonchev–Trinajstić information content (AvgIpc) is 2.71. The van der Waals surface area contributed by atoms with Crippen LogP contribution in [0.1, 0.15) is 19.8 Å². The monoisotopic (exact) mass is 244 g/mol. The Bertz CT molecular complexity index is 416. The number of allylic oxidation sites excluding steroid dienone is 1. The van der Waals surface area contributed by atoms with Gasteiger partial charge in [-0.1, -0.05) is 13.3 Å². The first kappa shape index (κ1) is 14.3. The van der Waals surface area contributed by atoms with Crippen molar-refractivity contribution in [1.29, 1.82) is 10.5 Å². The lowest BCUT2D eigenvalue weighted by molar-refractivity contribution is 0.346. The van der Waals surface area contributed by atoms with Gasteiger partial charge in [0.15, 0.2) is 0 Å². The molecule has 0 N–H and O–H groups in total. The van der Waals surface area contributed by atoms with E-state index in [-0.39, 0.29) is 5.57 Å².